The van der Waals surface area contributed by atoms with Crippen LogP contribution >= 0.6 is 0 Å². The molecule has 0 bridgehead atoms. The van der Waals surface area contributed by atoms with E-state index in [-0.39, 0.29) is 6.10 Å². The molecule has 2 aromatic carbocycles. The highest BCUT2D eigenvalue weighted by atomic mass is 16.5. The molecule has 2 aromatic rings. The molecule has 19 heavy (non-hydrogen) atoms. The summed E-state index contributed by atoms with van der Waals surface area (Å²) in [5.41, 5.74) is 3.40. The Morgan fingerprint density at radius 1 is 1.16 bits per heavy atom. The van der Waals surface area contributed by atoms with Crippen molar-refractivity contribution in [1.29, 1.82) is 0 Å². The molecule has 0 spiro atoms. The Labute approximate surface area is 115 Å². The van der Waals surface area contributed by atoms with Gasteiger partial charge < -0.3 is 10.1 Å². The third-order valence-electron chi connectivity index (χ3n) is 2.77. The van der Waals surface area contributed by atoms with Crippen molar-refractivity contribution in [3.05, 3.63) is 54.6 Å². The first kappa shape index (κ1) is 13.6. The summed E-state index contributed by atoms with van der Waals surface area (Å²) in [6, 6.07) is 19.6. The van der Waals surface area contributed by atoms with Gasteiger partial charge in [0, 0.05) is 12.2 Å². The minimum atomic E-state index is 0.284. The van der Waals surface area contributed by atoms with Crippen LogP contribution in [0.5, 0.6) is 0 Å². The fraction of sp³-hybridized carbons (Fsp3) is 0.294. The summed E-state index contributed by atoms with van der Waals surface area (Å²) in [5.74, 6) is 0. The predicted octanol–water partition coefficient (Wildman–Crippen LogP) is 3.99. The molecular weight excluding hydrogens is 234 g/mol. The van der Waals surface area contributed by atoms with E-state index in [0.717, 1.165) is 24.4 Å². The van der Waals surface area contributed by atoms with Crippen LogP contribution in [0.25, 0.3) is 11.1 Å². The summed E-state index contributed by atoms with van der Waals surface area (Å²) >= 11 is 0. The second-order valence-electron chi connectivity index (χ2n) is 4.70. The van der Waals surface area contributed by atoms with Gasteiger partial charge in [0.1, 0.15) is 0 Å². The highest BCUT2D eigenvalue weighted by Crippen LogP contribution is 2.21. The molecule has 0 aromatic heterocycles. The zero-order valence-electron chi connectivity index (χ0n) is 11.5. The van der Waals surface area contributed by atoms with E-state index >= 15 is 0 Å². The van der Waals surface area contributed by atoms with Gasteiger partial charge in [-0.05, 0) is 43.2 Å². The molecule has 1 radical (unpaired) electrons. The van der Waals surface area contributed by atoms with E-state index in [1.54, 1.807) is 0 Å². The van der Waals surface area contributed by atoms with E-state index < -0.39 is 0 Å². The van der Waals surface area contributed by atoms with Gasteiger partial charge in [0.05, 0.1) is 12.7 Å². The molecule has 0 aliphatic carbocycles. The van der Waals surface area contributed by atoms with Gasteiger partial charge >= 0.3 is 0 Å². The lowest BCUT2D eigenvalue weighted by Gasteiger charge is -2.10. The molecule has 0 amide bonds. The molecule has 1 N–H and O–H groups in total. The molecule has 0 saturated heterocycles. The van der Waals surface area contributed by atoms with Gasteiger partial charge in [0.15, 0.2) is 0 Å². The maximum atomic E-state index is 5.51. The Kier molecular flexibility index (Phi) is 4.99. The number of anilines is 1. The lowest BCUT2D eigenvalue weighted by atomic mass is 10.1. The normalized spacial score (nSPS) is 10.7. The number of hydrogen-bond acceptors (Lipinski definition) is 2. The quantitative estimate of drug-likeness (QED) is 0.787. The first-order valence-electron chi connectivity index (χ1n) is 6.68. The first-order chi connectivity index (χ1) is 9.25. The maximum absolute atomic E-state index is 5.51. The molecule has 99 valence electrons. The molecule has 2 nitrogen and oxygen atoms in total. The lowest BCUT2D eigenvalue weighted by Crippen LogP contribution is -2.13. The van der Waals surface area contributed by atoms with Crippen molar-refractivity contribution < 1.29 is 4.74 Å². The van der Waals surface area contributed by atoms with E-state index in [4.69, 9.17) is 4.74 Å². The van der Waals surface area contributed by atoms with Crippen LogP contribution in [0.2, 0.25) is 0 Å². The van der Waals surface area contributed by atoms with Crippen molar-refractivity contribution in [1.82, 2.24) is 0 Å². The Morgan fingerprint density at radius 2 is 2.05 bits per heavy atom. The zero-order chi connectivity index (χ0) is 13.5. The van der Waals surface area contributed by atoms with E-state index in [1.807, 2.05) is 32.0 Å². The van der Waals surface area contributed by atoms with Crippen LogP contribution in [0, 0.1) is 6.07 Å². The second kappa shape index (κ2) is 6.95. The molecule has 0 aliphatic heterocycles. The van der Waals surface area contributed by atoms with Crippen LogP contribution in [-0.4, -0.2) is 19.3 Å². The average molecular weight is 254 g/mol. The van der Waals surface area contributed by atoms with E-state index in [0.29, 0.717) is 0 Å². The van der Waals surface area contributed by atoms with Gasteiger partial charge in [-0.1, -0.05) is 36.4 Å². The molecule has 0 unspecified atom stereocenters. The molecule has 0 heterocycles. The van der Waals surface area contributed by atoms with Crippen LogP contribution < -0.4 is 5.32 Å². The highest BCUT2D eigenvalue weighted by Gasteiger charge is 1.99. The molecule has 0 fully saturated rings. The molecule has 2 rings (SSSR count). The molecular formula is C17H20NO. The summed E-state index contributed by atoms with van der Waals surface area (Å²) in [6.07, 6.45) is 0.284. The maximum Gasteiger partial charge on any atom is 0.0642 e. The summed E-state index contributed by atoms with van der Waals surface area (Å²) in [7, 11) is 0. The zero-order valence-corrected chi connectivity index (χ0v) is 11.5. The van der Waals surface area contributed by atoms with Crippen molar-refractivity contribution >= 4 is 5.69 Å². The number of benzene rings is 2. The van der Waals surface area contributed by atoms with Gasteiger partial charge in [-0.25, -0.2) is 0 Å². The van der Waals surface area contributed by atoms with Gasteiger partial charge in [-0.2, -0.15) is 0 Å². The molecule has 0 saturated carbocycles. The van der Waals surface area contributed by atoms with Crippen molar-refractivity contribution in [3.8, 4) is 11.1 Å². The SMILES string of the molecule is CC(C)OCCNc1cccc(-c2[c]cccc2)c1. The van der Waals surface area contributed by atoms with E-state index in [1.165, 1.54) is 5.56 Å². The van der Waals surface area contributed by atoms with Gasteiger partial charge in [0.2, 0.25) is 0 Å². The Morgan fingerprint density at radius 3 is 2.79 bits per heavy atom. The number of hydrogen-bond donors (Lipinski definition) is 1. The third-order valence-corrected chi connectivity index (χ3v) is 2.77. The standard InChI is InChI=1S/C17H20NO/c1-14(2)19-12-11-18-17-10-6-9-16(13-17)15-7-4-3-5-8-15/h3-7,9-10,13-14,18H,11-12H2,1-2H3. The smallest absolute Gasteiger partial charge is 0.0642 e. The monoisotopic (exact) mass is 254 g/mol. The third kappa shape index (κ3) is 4.42. The van der Waals surface area contributed by atoms with Crippen molar-refractivity contribution in [3.63, 3.8) is 0 Å². The van der Waals surface area contributed by atoms with Crippen molar-refractivity contribution in [2.75, 3.05) is 18.5 Å². The topological polar surface area (TPSA) is 21.3 Å². The fourth-order valence-electron chi connectivity index (χ4n) is 1.86. The van der Waals surface area contributed by atoms with Gasteiger partial charge in [-0.3, -0.25) is 0 Å². The summed E-state index contributed by atoms with van der Waals surface area (Å²) < 4.78 is 5.51. The summed E-state index contributed by atoms with van der Waals surface area (Å²) in [4.78, 5) is 0. The number of nitrogens with one attached hydrogen (secondary N) is 1. The van der Waals surface area contributed by atoms with Gasteiger partial charge in [0.25, 0.3) is 0 Å². The Balaban J connectivity index is 1.96. The Hall–Kier alpha value is -1.80. The molecule has 2 heteroatoms. The lowest BCUT2D eigenvalue weighted by molar-refractivity contribution is 0.0870. The second-order valence-corrected chi connectivity index (χ2v) is 4.70. The van der Waals surface area contributed by atoms with E-state index in [2.05, 4.69) is 41.7 Å². The van der Waals surface area contributed by atoms with Crippen LogP contribution in [0.1, 0.15) is 13.8 Å². The predicted molar refractivity (Wildman–Crippen MR) is 80.3 cm³/mol. The van der Waals surface area contributed by atoms with Crippen LogP contribution in [0.3, 0.4) is 0 Å². The number of rotatable bonds is 6. The largest absolute Gasteiger partial charge is 0.383 e. The van der Waals surface area contributed by atoms with Crippen LogP contribution in [0.15, 0.2) is 48.5 Å². The fourth-order valence-corrected chi connectivity index (χ4v) is 1.86. The van der Waals surface area contributed by atoms with E-state index in [9.17, 15) is 0 Å². The first-order valence-corrected chi connectivity index (χ1v) is 6.68. The van der Waals surface area contributed by atoms with Gasteiger partial charge in [-0.15, -0.1) is 0 Å². The number of ether oxygens (including phenoxy) is 1. The molecule has 0 atom stereocenters. The van der Waals surface area contributed by atoms with Crippen molar-refractivity contribution in [2.24, 2.45) is 0 Å². The molecule has 0 aliphatic rings. The summed E-state index contributed by atoms with van der Waals surface area (Å²) in [5, 5.41) is 3.37. The minimum Gasteiger partial charge on any atom is -0.383 e. The summed E-state index contributed by atoms with van der Waals surface area (Å²) in [6.45, 7) is 5.64. The van der Waals surface area contributed by atoms with Crippen LogP contribution in [0.4, 0.5) is 5.69 Å². The van der Waals surface area contributed by atoms with Crippen molar-refractivity contribution in [2.45, 2.75) is 20.0 Å². The average Bonchev–Trinajstić information content (AvgIpc) is 2.45. The minimum absolute atomic E-state index is 0.284. The Bertz CT molecular complexity index is 494. The highest BCUT2D eigenvalue weighted by molar-refractivity contribution is 5.67. The van der Waals surface area contributed by atoms with Crippen LogP contribution in [-0.2, 0) is 4.74 Å².